The number of nitriles is 1. The van der Waals surface area contributed by atoms with Gasteiger partial charge in [-0.1, -0.05) is 0 Å². The number of nitrogens with zero attached hydrogens (tertiary/aromatic N) is 1. The molecule has 1 aliphatic heterocycles. The molecule has 0 saturated carbocycles. The fourth-order valence-electron chi connectivity index (χ4n) is 1.22. The van der Waals surface area contributed by atoms with Crippen LogP contribution in [-0.2, 0) is 0 Å². The van der Waals surface area contributed by atoms with Crippen LogP contribution in [0.4, 0.5) is 0 Å². The Labute approximate surface area is 80.7 Å². The van der Waals surface area contributed by atoms with Crippen LogP contribution in [0.3, 0.4) is 0 Å². The highest BCUT2D eigenvalue weighted by Gasteiger charge is 2.20. The summed E-state index contributed by atoms with van der Waals surface area (Å²) in [6.45, 7) is 0.200. The molecule has 0 aliphatic carbocycles. The maximum absolute atomic E-state index is 10.5. The van der Waals surface area contributed by atoms with E-state index in [1.165, 1.54) is 0 Å². The number of benzene rings is 1. The molecule has 1 unspecified atom stereocenters. The molecule has 0 amide bonds. The summed E-state index contributed by atoms with van der Waals surface area (Å²) < 4.78 is 10.5. The molecular formula is C10H7NO3. The first kappa shape index (κ1) is 8.57. The average molecular weight is 189 g/mol. The van der Waals surface area contributed by atoms with Crippen molar-refractivity contribution in [1.82, 2.24) is 0 Å². The zero-order valence-electron chi connectivity index (χ0n) is 7.27. The predicted octanol–water partition coefficient (Wildman–Crippen LogP) is 1.16. The van der Waals surface area contributed by atoms with Crippen molar-refractivity contribution in [3.8, 4) is 17.6 Å². The highest BCUT2D eigenvalue weighted by atomic mass is 16.6. The van der Waals surface area contributed by atoms with Crippen LogP contribution < -0.4 is 9.47 Å². The number of ether oxygens (including phenoxy) is 2. The fraction of sp³-hybridized carbons (Fsp3) is 0.200. The Balaban J connectivity index is 2.33. The van der Waals surface area contributed by atoms with E-state index in [2.05, 4.69) is 0 Å². The zero-order chi connectivity index (χ0) is 9.97. The molecule has 4 nitrogen and oxygen atoms in total. The minimum atomic E-state index is -0.565. The van der Waals surface area contributed by atoms with Crippen LogP contribution >= 0.6 is 0 Å². The third-order valence-corrected chi connectivity index (χ3v) is 1.91. The van der Waals surface area contributed by atoms with Crippen molar-refractivity contribution < 1.29 is 14.3 Å². The summed E-state index contributed by atoms with van der Waals surface area (Å²) in [5.41, 5.74) is 0.530. The topological polar surface area (TPSA) is 59.3 Å². The van der Waals surface area contributed by atoms with Gasteiger partial charge in [-0.15, -0.1) is 0 Å². The minimum Gasteiger partial charge on any atom is -0.485 e. The van der Waals surface area contributed by atoms with Crippen molar-refractivity contribution in [3.05, 3.63) is 23.8 Å². The van der Waals surface area contributed by atoms with Gasteiger partial charge in [0, 0.05) is 5.56 Å². The van der Waals surface area contributed by atoms with Gasteiger partial charge in [0.1, 0.15) is 19.0 Å². The first-order valence-corrected chi connectivity index (χ1v) is 4.12. The molecule has 0 radical (unpaired) electrons. The summed E-state index contributed by atoms with van der Waals surface area (Å²) in [7, 11) is 0. The van der Waals surface area contributed by atoms with Gasteiger partial charge >= 0.3 is 0 Å². The van der Waals surface area contributed by atoms with Crippen molar-refractivity contribution >= 4 is 6.29 Å². The van der Waals surface area contributed by atoms with Gasteiger partial charge in [-0.05, 0) is 18.2 Å². The Morgan fingerprint density at radius 1 is 1.50 bits per heavy atom. The highest BCUT2D eigenvalue weighted by molar-refractivity contribution is 5.76. The van der Waals surface area contributed by atoms with Crippen molar-refractivity contribution in [2.24, 2.45) is 0 Å². The van der Waals surface area contributed by atoms with Crippen LogP contribution in [0.5, 0.6) is 11.5 Å². The van der Waals surface area contributed by atoms with Crippen molar-refractivity contribution in [2.75, 3.05) is 6.61 Å². The molecule has 0 saturated heterocycles. The van der Waals surface area contributed by atoms with Crippen LogP contribution in [0.25, 0.3) is 0 Å². The van der Waals surface area contributed by atoms with Gasteiger partial charge in [0.25, 0.3) is 0 Å². The van der Waals surface area contributed by atoms with Crippen LogP contribution in [0, 0.1) is 11.3 Å². The number of rotatable bonds is 1. The number of fused-ring (bicyclic) bond motifs is 1. The first-order chi connectivity index (χ1) is 6.83. The van der Waals surface area contributed by atoms with E-state index in [1.54, 1.807) is 18.2 Å². The van der Waals surface area contributed by atoms with Crippen molar-refractivity contribution in [2.45, 2.75) is 6.10 Å². The van der Waals surface area contributed by atoms with Gasteiger partial charge in [0.2, 0.25) is 6.10 Å². The summed E-state index contributed by atoms with van der Waals surface area (Å²) in [6.07, 6.45) is 0.171. The van der Waals surface area contributed by atoms with Gasteiger partial charge in [-0.2, -0.15) is 5.26 Å². The molecule has 0 fully saturated rings. The molecule has 0 bridgehead atoms. The van der Waals surface area contributed by atoms with E-state index >= 15 is 0 Å². The van der Waals surface area contributed by atoms with E-state index in [1.807, 2.05) is 6.07 Å². The second kappa shape index (κ2) is 3.38. The van der Waals surface area contributed by atoms with E-state index in [-0.39, 0.29) is 6.61 Å². The van der Waals surface area contributed by atoms with Crippen LogP contribution in [-0.4, -0.2) is 19.0 Å². The number of hydrogen-bond donors (Lipinski definition) is 0. The summed E-state index contributed by atoms with van der Waals surface area (Å²) in [6, 6.07) is 6.80. The number of carbonyl (C=O) groups is 1. The third-order valence-electron chi connectivity index (χ3n) is 1.91. The van der Waals surface area contributed by atoms with E-state index in [0.29, 0.717) is 17.1 Å². The van der Waals surface area contributed by atoms with E-state index in [4.69, 9.17) is 14.7 Å². The number of hydrogen-bond acceptors (Lipinski definition) is 4. The lowest BCUT2D eigenvalue weighted by atomic mass is 10.2. The van der Waals surface area contributed by atoms with Crippen LogP contribution in [0.2, 0.25) is 0 Å². The molecule has 1 aromatic carbocycles. The molecule has 70 valence electrons. The largest absolute Gasteiger partial charge is 0.485 e. The Kier molecular flexibility index (Phi) is 2.07. The standard InChI is InChI=1S/C10H7NO3/c11-4-8-6-13-10-3-7(5-12)1-2-9(10)14-8/h1-3,5,8H,6H2. The van der Waals surface area contributed by atoms with Crippen LogP contribution in [0.15, 0.2) is 18.2 Å². The monoisotopic (exact) mass is 189 g/mol. The van der Waals surface area contributed by atoms with Gasteiger partial charge in [-0.3, -0.25) is 4.79 Å². The molecule has 1 heterocycles. The Morgan fingerprint density at radius 3 is 3.07 bits per heavy atom. The Morgan fingerprint density at radius 2 is 2.36 bits per heavy atom. The Bertz CT molecular complexity index is 408. The van der Waals surface area contributed by atoms with Gasteiger partial charge in [-0.25, -0.2) is 0 Å². The molecular weight excluding hydrogens is 182 g/mol. The number of aldehydes is 1. The van der Waals surface area contributed by atoms with Crippen molar-refractivity contribution in [3.63, 3.8) is 0 Å². The smallest absolute Gasteiger partial charge is 0.218 e. The fourth-order valence-corrected chi connectivity index (χ4v) is 1.22. The maximum Gasteiger partial charge on any atom is 0.218 e. The summed E-state index contributed by atoms with van der Waals surface area (Å²) >= 11 is 0. The van der Waals surface area contributed by atoms with E-state index in [9.17, 15) is 4.79 Å². The zero-order valence-corrected chi connectivity index (χ0v) is 7.27. The molecule has 1 atom stereocenters. The van der Waals surface area contributed by atoms with Gasteiger partial charge < -0.3 is 9.47 Å². The molecule has 14 heavy (non-hydrogen) atoms. The molecule has 0 aromatic heterocycles. The predicted molar refractivity (Wildman–Crippen MR) is 47.4 cm³/mol. The first-order valence-electron chi connectivity index (χ1n) is 4.12. The maximum atomic E-state index is 10.5. The average Bonchev–Trinajstić information content (AvgIpc) is 2.27. The molecule has 4 heteroatoms. The third kappa shape index (κ3) is 1.40. The van der Waals surface area contributed by atoms with Crippen molar-refractivity contribution in [1.29, 1.82) is 5.26 Å². The quantitative estimate of drug-likeness (QED) is 0.622. The summed E-state index contributed by atoms with van der Waals surface area (Å²) in [5, 5.41) is 8.61. The Hall–Kier alpha value is -2.02. The minimum absolute atomic E-state index is 0.200. The summed E-state index contributed by atoms with van der Waals surface area (Å²) in [5.74, 6) is 1.02. The lowest BCUT2D eigenvalue weighted by Gasteiger charge is -2.21. The van der Waals surface area contributed by atoms with E-state index in [0.717, 1.165) is 6.29 Å². The van der Waals surface area contributed by atoms with Gasteiger partial charge in [0.15, 0.2) is 11.5 Å². The second-order valence-electron chi connectivity index (χ2n) is 2.87. The lowest BCUT2D eigenvalue weighted by molar-refractivity contribution is 0.111. The second-order valence-corrected chi connectivity index (χ2v) is 2.87. The lowest BCUT2D eigenvalue weighted by Crippen LogP contribution is -2.27. The molecule has 1 aromatic rings. The molecule has 0 spiro atoms. The molecule has 1 aliphatic rings. The van der Waals surface area contributed by atoms with E-state index < -0.39 is 6.10 Å². The van der Waals surface area contributed by atoms with Gasteiger partial charge in [0.05, 0.1) is 0 Å². The van der Waals surface area contributed by atoms with Crippen LogP contribution in [0.1, 0.15) is 10.4 Å². The molecule has 2 rings (SSSR count). The normalized spacial score (nSPS) is 18.4. The highest BCUT2D eigenvalue weighted by Crippen LogP contribution is 2.31. The summed E-state index contributed by atoms with van der Waals surface area (Å²) in [4.78, 5) is 10.5. The number of carbonyl (C=O) groups excluding carboxylic acids is 1. The SMILES string of the molecule is N#CC1COc2cc(C=O)ccc2O1. The molecule has 0 N–H and O–H groups in total.